The van der Waals surface area contributed by atoms with Crippen LogP contribution in [0.4, 0.5) is 5.69 Å². The van der Waals surface area contributed by atoms with E-state index >= 15 is 0 Å². The van der Waals surface area contributed by atoms with Crippen molar-refractivity contribution in [1.82, 2.24) is 14.5 Å². The molecule has 0 spiro atoms. The van der Waals surface area contributed by atoms with E-state index in [0.717, 1.165) is 5.56 Å². The van der Waals surface area contributed by atoms with Crippen molar-refractivity contribution in [2.45, 2.75) is 20.4 Å². The van der Waals surface area contributed by atoms with Crippen LogP contribution < -0.4 is 10.9 Å². The Morgan fingerprint density at radius 3 is 2.47 bits per heavy atom. The van der Waals surface area contributed by atoms with Gasteiger partial charge in [-0.2, -0.15) is 0 Å². The molecule has 2 aromatic carbocycles. The third-order valence-electron chi connectivity index (χ3n) is 4.66. The summed E-state index contributed by atoms with van der Waals surface area (Å²) in [6.07, 6.45) is 1.35. The number of hydrogen-bond donors (Lipinski definition) is 1. The largest absolute Gasteiger partial charge is 0.332 e. The molecule has 0 aliphatic carbocycles. The molecule has 1 aromatic heterocycles. The number of benzene rings is 2. The summed E-state index contributed by atoms with van der Waals surface area (Å²) in [7, 11) is 0. The summed E-state index contributed by atoms with van der Waals surface area (Å²) < 4.78 is 1.25. The smallest absolute Gasteiger partial charge is 0.261 e. The fourth-order valence-corrected chi connectivity index (χ4v) is 3.53. The third-order valence-corrected chi connectivity index (χ3v) is 5.29. The molecule has 0 atom stereocenters. The van der Waals surface area contributed by atoms with Crippen molar-refractivity contribution in [1.29, 1.82) is 0 Å². The molecule has 30 heavy (non-hydrogen) atoms. The van der Waals surface area contributed by atoms with E-state index in [2.05, 4.69) is 10.3 Å². The Morgan fingerprint density at radius 2 is 1.80 bits per heavy atom. The Kier molecular flexibility index (Phi) is 6.74. The lowest BCUT2D eigenvalue weighted by Crippen LogP contribution is -2.41. The molecular formula is C21H20Cl2N4O3. The second-order valence-electron chi connectivity index (χ2n) is 6.70. The van der Waals surface area contributed by atoms with Gasteiger partial charge in [0.2, 0.25) is 11.8 Å². The van der Waals surface area contributed by atoms with E-state index in [1.807, 2.05) is 13.0 Å². The Morgan fingerprint density at radius 1 is 1.13 bits per heavy atom. The SMILES string of the molecule is CCN(CC(=O)Nc1c(Cl)cccc1Cl)C(=O)Cn1cnc2c(C)cccc2c1=O. The third kappa shape index (κ3) is 4.63. The number of nitrogens with zero attached hydrogens (tertiary/aromatic N) is 3. The number of carbonyl (C=O) groups excluding carboxylic acids is 2. The molecule has 3 aromatic rings. The maximum absolute atomic E-state index is 12.7. The summed E-state index contributed by atoms with van der Waals surface area (Å²) in [5, 5.41) is 3.67. The Balaban J connectivity index is 1.74. The maximum Gasteiger partial charge on any atom is 0.261 e. The first-order chi connectivity index (χ1) is 14.3. The fraction of sp³-hybridized carbons (Fsp3) is 0.238. The number of aryl methyl sites for hydroxylation is 1. The lowest BCUT2D eigenvalue weighted by Gasteiger charge is -2.21. The molecule has 0 bridgehead atoms. The quantitative estimate of drug-likeness (QED) is 0.627. The molecule has 7 nitrogen and oxygen atoms in total. The fourth-order valence-electron chi connectivity index (χ4n) is 3.04. The second kappa shape index (κ2) is 9.28. The van der Waals surface area contributed by atoms with Gasteiger partial charge in [-0.15, -0.1) is 0 Å². The summed E-state index contributed by atoms with van der Waals surface area (Å²) in [6.45, 7) is 3.48. The van der Waals surface area contributed by atoms with Crippen molar-refractivity contribution in [3.63, 3.8) is 0 Å². The molecule has 0 radical (unpaired) electrons. The van der Waals surface area contributed by atoms with Gasteiger partial charge in [-0.25, -0.2) is 4.98 Å². The standard InChI is InChI=1S/C21H20Cl2N4O3/c1-3-26(10-17(28)25-20-15(22)8-5-9-16(20)23)18(29)11-27-12-24-19-13(2)6-4-7-14(19)21(27)30/h4-9,12H,3,10-11H2,1-2H3,(H,25,28). The molecule has 0 saturated heterocycles. The highest BCUT2D eigenvalue weighted by atomic mass is 35.5. The van der Waals surface area contributed by atoms with E-state index in [4.69, 9.17) is 23.2 Å². The first-order valence-corrected chi connectivity index (χ1v) is 10.0. The predicted molar refractivity (Wildman–Crippen MR) is 118 cm³/mol. The number of amides is 2. The molecule has 156 valence electrons. The van der Waals surface area contributed by atoms with Gasteiger partial charge < -0.3 is 10.2 Å². The van der Waals surface area contributed by atoms with Crippen LogP contribution in [0.2, 0.25) is 10.0 Å². The van der Waals surface area contributed by atoms with Gasteiger partial charge in [0.1, 0.15) is 6.54 Å². The van der Waals surface area contributed by atoms with Gasteiger partial charge in [-0.05, 0) is 37.6 Å². The summed E-state index contributed by atoms with van der Waals surface area (Å²) in [5.74, 6) is -0.825. The lowest BCUT2D eigenvalue weighted by atomic mass is 10.1. The van der Waals surface area contributed by atoms with Gasteiger partial charge in [0.25, 0.3) is 5.56 Å². The van der Waals surface area contributed by atoms with Crippen molar-refractivity contribution < 1.29 is 9.59 Å². The van der Waals surface area contributed by atoms with Gasteiger partial charge in [0, 0.05) is 6.54 Å². The van der Waals surface area contributed by atoms with Crippen LogP contribution in [-0.4, -0.2) is 39.4 Å². The van der Waals surface area contributed by atoms with Crippen LogP contribution in [-0.2, 0) is 16.1 Å². The van der Waals surface area contributed by atoms with Crippen LogP contribution in [0.15, 0.2) is 47.5 Å². The van der Waals surface area contributed by atoms with Crippen molar-refractivity contribution in [2.24, 2.45) is 0 Å². The summed E-state index contributed by atoms with van der Waals surface area (Å²) in [5.41, 5.74) is 1.47. The number of fused-ring (bicyclic) bond motifs is 1. The molecule has 0 unspecified atom stereocenters. The average molecular weight is 447 g/mol. The number of rotatable bonds is 6. The first-order valence-electron chi connectivity index (χ1n) is 9.28. The van der Waals surface area contributed by atoms with E-state index in [1.165, 1.54) is 15.8 Å². The van der Waals surface area contributed by atoms with Gasteiger partial charge in [0.15, 0.2) is 0 Å². The normalized spacial score (nSPS) is 10.8. The van der Waals surface area contributed by atoms with Crippen LogP contribution >= 0.6 is 23.2 Å². The van der Waals surface area contributed by atoms with E-state index in [0.29, 0.717) is 26.6 Å². The summed E-state index contributed by atoms with van der Waals surface area (Å²) >= 11 is 12.1. The highest BCUT2D eigenvalue weighted by Gasteiger charge is 2.19. The second-order valence-corrected chi connectivity index (χ2v) is 7.52. The molecule has 2 amide bonds. The Labute approximate surface area is 183 Å². The minimum absolute atomic E-state index is 0.203. The number of para-hydroxylation sites is 2. The van der Waals surface area contributed by atoms with Crippen molar-refractivity contribution >= 4 is 51.6 Å². The molecule has 3 rings (SSSR count). The maximum atomic E-state index is 12.7. The Hall–Kier alpha value is -2.90. The van der Waals surface area contributed by atoms with Crippen LogP contribution in [0, 0.1) is 6.92 Å². The molecule has 9 heteroatoms. The molecule has 0 aliphatic heterocycles. The van der Waals surface area contributed by atoms with E-state index in [9.17, 15) is 14.4 Å². The minimum Gasteiger partial charge on any atom is -0.332 e. The van der Waals surface area contributed by atoms with Crippen LogP contribution in [0.25, 0.3) is 10.9 Å². The average Bonchev–Trinajstić information content (AvgIpc) is 2.71. The minimum atomic E-state index is -0.445. The van der Waals surface area contributed by atoms with E-state index in [1.54, 1.807) is 37.3 Å². The molecule has 0 aliphatic rings. The highest BCUT2D eigenvalue weighted by Crippen LogP contribution is 2.29. The van der Waals surface area contributed by atoms with Gasteiger partial charge in [0.05, 0.1) is 39.5 Å². The number of hydrogen-bond acceptors (Lipinski definition) is 4. The first kappa shape index (κ1) is 21.8. The van der Waals surface area contributed by atoms with Crippen molar-refractivity contribution in [3.8, 4) is 0 Å². The topological polar surface area (TPSA) is 84.3 Å². The number of aromatic nitrogens is 2. The monoisotopic (exact) mass is 446 g/mol. The van der Waals surface area contributed by atoms with E-state index < -0.39 is 5.91 Å². The zero-order valence-electron chi connectivity index (χ0n) is 16.5. The number of nitrogens with one attached hydrogen (secondary N) is 1. The van der Waals surface area contributed by atoms with E-state index in [-0.39, 0.29) is 31.1 Å². The van der Waals surface area contributed by atoms with Gasteiger partial charge in [-0.3, -0.25) is 19.0 Å². The van der Waals surface area contributed by atoms with Gasteiger partial charge >= 0.3 is 0 Å². The lowest BCUT2D eigenvalue weighted by molar-refractivity contribution is -0.135. The van der Waals surface area contributed by atoms with Gasteiger partial charge in [-0.1, -0.05) is 41.4 Å². The van der Waals surface area contributed by atoms with Crippen LogP contribution in [0.1, 0.15) is 12.5 Å². The molecule has 1 N–H and O–H groups in total. The van der Waals surface area contributed by atoms with Crippen LogP contribution in [0.5, 0.6) is 0 Å². The molecule has 1 heterocycles. The Bertz CT molecular complexity index is 1160. The van der Waals surface area contributed by atoms with Crippen molar-refractivity contribution in [2.75, 3.05) is 18.4 Å². The zero-order valence-corrected chi connectivity index (χ0v) is 18.0. The number of halogens is 2. The van der Waals surface area contributed by atoms with Crippen LogP contribution in [0.3, 0.4) is 0 Å². The summed E-state index contributed by atoms with van der Waals surface area (Å²) in [6, 6.07) is 10.2. The highest BCUT2D eigenvalue weighted by molar-refractivity contribution is 6.39. The molecule has 0 fully saturated rings. The number of anilines is 1. The predicted octanol–water partition coefficient (Wildman–Crippen LogP) is 3.50. The zero-order chi connectivity index (χ0) is 21.8. The molecular weight excluding hydrogens is 427 g/mol. The molecule has 0 saturated carbocycles. The number of carbonyl (C=O) groups is 2. The number of likely N-dealkylation sites (N-methyl/N-ethyl adjacent to an activating group) is 1. The summed E-state index contributed by atoms with van der Waals surface area (Å²) in [4.78, 5) is 43.5. The van der Waals surface area contributed by atoms with Crippen molar-refractivity contribution in [3.05, 3.63) is 68.7 Å².